The Bertz CT molecular complexity index is 1650. The van der Waals surface area contributed by atoms with Crippen molar-refractivity contribution in [1.82, 2.24) is 25.0 Å². The highest BCUT2D eigenvalue weighted by atomic mass is 32.2. The van der Waals surface area contributed by atoms with Crippen LogP contribution in [0.3, 0.4) is 0 Å². The van der Waals surface area contributed by atoms with E-state index >= 15 is 0 Å². The maximum Gasteiger partial charge on any atom is 0.354 e. The number of carbonyl (C=O) groups excluding carboxylic acids is 4. The van der Waals surface area contributed by atoms with Gasteiger partial charge in [-0.15, -0.1) is 4.36 Å². The number of amides is 5. The number of hydrogen-bond donors (Lipinski definition) is 3. The van der Waals surface area contributed by atoms with E-state index in [-0.39, 0.29) is 22.8 Å². The van der Waals surface area contributed by atoms with Crippen LogP contribution >= 0.6 is 0 Å². The van der Waals surface area contributed by atoms with Gasteiger partial charge in [0.25, 0.3) is 11.8 Å². The highest BCUT2D eigenvalue weighted by Crippen LogP contribution is 2.44. The number of rotatable bonds is 5. The van der Waals surface area contributed by atoms with E-state index in [0.29, 0.717) is 17.7 Å². The summed E-state index contributed by atoms with van der Waals surface area (Å²) in [7, 11) is -3.74. The fraction of sp³-hybridized carbons (Fsp3) is 0.481. The van der Waals surface area contributed by atoms with Gasteiger partial charge < -0.3 is 10.6 Å². The van der Waals surface area contributed by atoms with Crippen molar-refractivity contribution in [2.45, 2.75) is 76.5 Å². The molecule has 0 aromatic carbocycles. The summed E-state index contributed by atoms with van der Waals surface area (Å²) in [6.45, 7) is 7.57. The molecule has 0 radical (unpaired) electrons. The van der Waals surface area contributed by atoms with Crippen LogP contribution < -0.4 is 15.8 Å². The van der Waals surface area contributed by atoms with Crippen molar-refractivity contribution in [1.29, 1.82) is 0 Å². The molecule has 1 atom stereocenters. The van der Waals surface area contributed by atoms with Crippen LogP contribution in [0.2, 0.25) is 0 Å². The van der Waals surface area contributed by atoms with Gasteiger partial charge in [-0.25, -0.2) is 23.6 Å². The quantitative estimate of drug-likeness (QED) is 0.484. The Morgan fingerprint density at radius 2 is 1.95 bits per heavy atom. The van der Waals surface area contributed by atoms with Crippen LogP contribution in [0, 0.1) is 0 Å². The molecule has 0 bridgehead atoms. The summed E-state index contributed by atoms with van der Waals surface area (Å²) in [5.74, 6) is -1.05. The third-order valence-electron chi connectivity index (χ3n) is 7.97. The fourth-order valence-electron chi connectivity index (χ4n) is 5.73. The molecule has 3 aliphatic rings. The van der Waals surface area contributed by atoms with E-state index in [1.165, 1.54) is 0 Å². The minimum absolute atomic E-state index is 0.107. The largest absolute Gasteiger partial charge is 0.354 e. The molecular weight excluding hydrogens is 548 g/mol. The van der Waals surface area contributed by atoms with Crippen LogP contribution in [0.1, 0.15) is 74.3 Å². The van der Waals surface area contributed by atoms with Crippen molar-refractivity contribution in [3.63, 3.8) is 0 Å². The first-order valence-corrected chi connectivity index (χ1v) is 15.2. The molecule has 5 amide bonds. The molecule has 0 fully saturated rings. The van der Waals surface area contributed by atoms with Gasteiger partial charge in [-0.1, -0.05) is 20.8 Å². The Labute approximate surface area is 238 Å². The number of nitrogens with two attached hydrogens (primary N) is 1. The first-order chi connectivity index (χ1) is 19.3. The number of aryl methyl sites for hydroxylation is 1. The smallest absolute Gasteiger partial charge is 0.328 e. The molecule has 4 N–H and O–H groups in total. The second-order valence-electron chi connectivity index (χ2n) is 11.2. The number of aromatic nitrogens is 3. The first-order valence-electron chi connectivity index (χ1n) is 13.6. The number of nitrogens with one attached hydrogen (secondary N) is 2. The van der Waals surface area contributed by atoms with Crippen molar-refractivity contribution in [2.75, 3.05) is 18.4 Å². The third kappa shape index (κ3) is 5.28. The number of anilines is 1. The molecule has 2 aromatic rings. The standard InChI is InChI=1S/C27H34N8O5S/c1-5-17-15(2)13-34(24(17)37)26(39)29-12-21(36)35-14-16(11-30-35)41(28,40)33-25(38)32-22-18-7-6-8-20(18)31-23-19(22)9-10-27(23,3)4/h11,14H,5-10,12-13H2,1-4H3,(H,29,39)(H3,28,31,32,33,38,40). The van der Waals surface area contributed by atoms with Crippen LogP contribution in [0.25, 0.3) is 0 Å². The van der Waals surface area contributed by atoms with Crippen LogP contribution in [0.15, 0.2) is 32.8 Å². The molecule has 218 valence electrons. The minimum atomic E-state index is -3.74. The zero-order valence-electron chi connectivity index (χ0n) is 23.6. The van der Waals surface area contributed by atoms with Gasteiger partial charge in [-0.05, 0) is 62.1 Å². The summed E-state index contributed by atoms with van der Waals surface area (Å²) in [5.41, 5.74) is 5.88. The van der Waals surface area contributed by atoms with Gasteiger partial charge >= 0.3 is 12.1 Å². The van der Waals surface area contributed by atoms with Crippen LogP contribution in [0.5, 0.6) is 0 Å². The Hall–Kier alpha value is -3.91. The molecule has 2 aliphatic carbocycles. The number of urea groups is 2. The fourth-order valence-corrected chi connectivity index (χ4v) is 6.57. The SMILES string of the molecule is CCC1=C(C)CN(C(=O)NCC(=O)n2cc(S(N)(=O)=NC(=O)Nc3c4c(nc5c3CCC5(C)C)CCC4)cn2)C1=O. The van der Waals surface area contributed by atoms with E-state index in [9.17, 15) is 23.4 Å². The van der Waals surface area contributed by atoms with Crippen molar-refractivity contribution in [3.05, 3.63) is 46.1 Å². The molecule has 1 aliphatic heterocycles. The lowest BCUT2D eigenvalue weighted by Gasteiger charge is -2.20. The zero-order chi connectivity index (χ0) is 29.7. The Kier molecular flexibility index (Phi) is 7.32. The molecule has 13 nitrogen and oxygen atoms in total. The van der Waals surface area contributed by atoms with E-state index in [1.807, 2.05) is 6.92 Å². The highest BCUT2D eigenvalue weighted by Gasteiger charge is 2.37. The molecule has 3 heterocycles. The molecule has 0 saturated heterocycles. The van der Waals surface area contributed by atoms with Gasteiger partial charge in [-0.2, -0.15) is 5.10 Å². The molecule has 1 unspecified atom stereocenters. The summed E-state index contributed by atoms with van der Waals surface area (Å²) >= 11 is 0. The normalized spacial score (nSPS) is 18.7. The summed E-state index contributed by atoms with van der Waals surface area (Å²) < 4.78 is 17.8. The van der Waals surface area contributed by atoms with E-state index in [0.717, 1.165) is 82.2 Å². The van der Waals surface area contributed by atoms with Gasteiger partial charge in [0.05, 0.1) is 30.3 Å². The molecule has 0 saturated carbocycles. The number of hydrogen-bond acceptors (Lipinski definition) is 7. The predicted molar refractivity (Wildman–Crippen MR) is 151 cm³/mol. The maximum absolute atomic E-state index is 13.2. The lowest BCUT2D eigenvalue weighted by Crippen LogP contribution is -2.44. The maximum atomic E-state index is 13.2. The van der Waals surface area contributed by atoms with Crippen molar-refractivity contribution in [3.8, 4) is 0 Å². The topological polar surface area (TPSA) is 182 Å². The van der Waals surface area contributed by atoms with E-state index in [1.54, 1.807) is 6.92 Å². The second-order valence-corrected chi connectivity index (χ2v) is 13.0. The molecular formula is C27H34N8O5S. The van der Waals surface area contributed by atoms with Crippen molar-refractivity contribution < 1.29 is 23.4 Å². The molecule has 41 heavy (non-hydrogen) atoms. The van der Waals surface area contributed by atoms with Crippen molar-refractivity contribution in [2.24, 2.45) is 9.50 Å². The molecule has 2 aromatic heterocycles. The number of pyridine rings is 1. The predicted octanol–water partition coefficient (Wildman–Crippen LogP) is 2.84. The van der Waals surface area contributed by atoms with Crippen LogP contribution in [0.4, 0.5) is 15.3 Å². The number of nitrogens with zero attached hydrogens (tertiary/aromatic N) is 5. The average molecular weight is 583 g/mol. The molecule has 0 spiro atoms. The van der Waals surface area contributed by atoms with Gasteiger partial charge in [0, 0.05) is 16.7 Å². The minimum Gasteiger partial charge on any atom is -0.328 e. The van der Waals surface area contributed by atoms with E-state index in [2.05, 4.69) is 33.9 Å². The molecule has 5 rings (SSSR count). The second kappa shape index (κ2) is 10.5. The third-order valence-corrected chi connectivity index (χ3v) is 9.30. The monoisotopic (exact) mass is 582 g/mol. The van der Waals surface area contributed by atoms with Crippen LogP contribution in [-0.2, 0) is 39.4 Å². The number of carbonyl (C=O) groups is 4. The lowest BCUT2D eigenvalue weighted by molar-refractivity contribution is -0.123. The van der Waals surface area contributed by atoms with Gasteiger partial charge in [0.1, 0.15) is 21.4 Å². The molecule has 14 heteroatoms. The summed E-state index contributed by atoms with van der Waals surface area (Å²) in [4.78, 5) is 56.2. The average Bonchev–Trinajstić information content (AvgIpc) is 3.69. The summed E-state index contributed by atoms with van der Waals surface area (Å²) in [6, 6.07) is -1.56. The highest BCUT2D eigenvalue weighted by molar-refractivity contribution is 7.91. The lowest BCUT2D eigenvalue weighted by atomic mass is 9.90. The van der Waals surface area contributed by atoms with Gasteiger partial charge in [0.15, 0.2) is 0 Å². The Balaban J connectivity index is 1.27. The van der Waals surface area contributed by atoms with Crippen molar-refractivity contribution >= 4 is 39.5 Å². The van der Waals surface area contributed by atoms with Crippen LogP contribution in [-0.4, -0.2) is 60.8 Å². The van der Waals surface area contributed by atoms with E-state index < -0.39 is 34.4 Å². The van der Waals surface area contributed by atoms with E-state index in [4.69, 9.17) is 10.1 Å². The summed E-state index contributed by atoms with van der Waals surface area (Å²) in [5, 5.41) is 15.1. The number of fused-ring (bicyclic) bond motifs is 2. The zero-order valence-corrected chi connectivity index (χ0v) is 24.4. The summed E-state index contributed by atoms with van der Waals surface area (Å²) in [6.07, 6.45) is 6.96. The Morgan fingerprint density at radius 1 is 1.20 bits per heavy atom. The first kappa shape index (κ1) is 28.6. The Morgan fingerprint density at radius 3 is 2.66 bits per heavy atom. The van der Waals surface area contributed by atoms with Gasteiger partial charge in [-0.3, -0.25) is 19.5 Å². The number of imide groups is 1. The van der Waals surface area contributed by atoms with Gasteiger partial charge in [0.2, 0.25) is 0 Å².